The molecular weight excluding hydrogens is 259 g/mol. The first kappa shape index (κ1) is 9.60. The second kappa shape index (κ2) is 3.95. The van der Waals surface area contributed by atoms with Gasteiger partial charge in [0.25, 0.3) is 0 Å². The summed E-state index contributed by atoms with van der Waals surface area (Å²) in [4.78, 5) is 0. The van der Waals surface area contributed by atoms with E-state index in [9.17, 15) is 0 Å². The van der Waals surface area contributed by atoms with Gasteiger partial charge in [0.1, 0.15) is 0 Å². The van der Waals surface area contributed by atoms with Crippen LogP contribution in [0.1, 0.15) is 25.0 Å². The number of benzene rings is 1. The molecule has 0 fully saturated rings. The molecule has 0 saturated heterocycles. The smallest absolute Gasteiger partial charge is 0.0413 e. The van der Waals surface area contributed by atoms with Crippen molar-refractivity contribution in [1.82, 2.24) is 0 Å². The van der Waals surface area contributed by atoms with E-state index in [0.717, 1.165) is 9.13 Å². The highest BCUT2D eigenvalue weighted by Crippen LogP contribution is 2.22. The fourth-order valence-corrected chi connectivity index (χ4v) is 1.74. The van der Waals surface area contributed by atoms with Crippen LogP contribution in [0.2, 0.25) is 0 Å². The summed E-state index contributed by atoms with van der Waals surface area (Å²) in [6, 6.07) is 6.12. The van der Waals surface area contributed by atoms with Gasteiger partial charge in [-0.15, -0.1) is 6.42 Å². The summed E-state index contributed by atoms with van der Waals surface area (Å²) < 4.78 is 1.15. The van der Waals surface area contributed by atoms with Crippen LogP contribution in [0, 0.1) is 21.8 Å². The van der Waals surface area contributed by atoms with E-state index in [4.69, 9.17) is 6.42 Å². The predicted octanol–water partition coefficient (Wildman–Crippen LogP) is 3.23. The Kier molecular flexibility index (Phi) is 3.16. The van der Waals surface area contributed by atoms with Crippen LogP contribution >= 0.6 is 22.6 Å². The number of halogens is 1. The lowest BCUT2D eigenvalue weighted by Crippen LogP contribution is -1.95. The third-order valence-electron chi connectivity index (χ3n) is 1.70. The van der Waals surface area contributed by atoms with E-state index in [1.54, 1.807) is 0 Å². The van der Waals surface area contributed by atoms with Crippen LogP contribution in [-0.4, -0.2) is 0 Å². The Morgan fingerprint density at radius 1 is 1.42 bits per heavy atom. The van der Waals surface area contributed by atoms with Gasteiger partial charge in [0.15, 0.2) is 0 Å². The maximum absolute atomic E-state index is 5.42. The summed E-state index contributed by atoms with van der Waals surface area (Å²) in [5, 5.41) is 0. The van der Waals surface area contributed by atoms with Gasteiger partial charge >= 0.3 is 0 Å². The number of hydrogen-bond acceptors (Lipinski definition) is 0. The van der Waals surface area contributed by atoms with E-state index in [1.165, 1.54) is 11.5 Å². The minimum absolute atomic E-state index is 1.01. The van der Waals surface area contributed by atoms with Crippen molar-refractivity contribution in [3.8, 4) is 12.3 Å². The highest BCUT2D eigenvalue weighted by atomic mass is 127. The van der Waals surface area contributed by atoms with Gasteiger partial charge in [-0.1, -0.05) is 31.9 Å². The fraction of sp³-hybridized carbons (Fsp3) is 0.182. The molecule has 0 aliphatic carbocycles. The van der Waals surface area contributed by atoms with Crippen LogP contribution in [0.25, 0.3) is 0 Å². The van der Waals surface area contributed by atoms with Crippen molar-refractivity contribution in [2.24, 2.45) is 0 Å². The molecule has 1 aromatic carbocycles. The second-order valence-electron chi connectivity index (χ2n) is 2.81. The average molecular weight is 269 g/mol. The SMILES string of the molecule is C#Cc1c(I)cccc1[C](C)C. The summed E-state index contributed by atoms with van der Waals surface area (Å²) in [6.07, 6.45) is 5.42. The maximum atomic E-state index is 5.42. The zero-order chi connectivity index (χ0) is 9.14. The highest BCUT2D eigenvalue weighted by Gasteiger charge is 2.06. The van der Waals surface area contributed by atoms with Crippen molar-refractivity contribution in [2.45, 2.75) is 13.8 Å². The molecule has 12 heavy (non-hydrogen) atoms. The van der Waals surface area contributed by atoms with Gasteiger partial charge in [-0.2, -0.15) is 0 Å². The molecule has 0 nitrogen and oxygen atoms in total. The Morgan fingerprint density at radius 3 is 2.50 bits per heavy atom. The van der Waals surface area contributed by atoms with Crippen molar-refractivity contribution in [1.29, 1.82) is 0 Å². The number of hydrogen-bond donors (Lipinski definition) is 0. The van der Waals surface area contributed by atoms with E-state index in [0.29, 0.717) is 0 Å². The lowest BCUT2D eigenvalue weighted by Gasteiger charge is -2.08. The van der Waals surface area contributed by atoms with Crippen molar-refractivity contribution >= 4 is 22.6 Å². The third-order valence-corrected chi connectivity index (χ3v) is 2.60. The average Bonchev–Trinajstić information content (AvgIpc) is 2.03. The Morgan fingerprint density at radius 2 is 2.08 bits per heavy atom. The van der Waals surface area contributed by atoms with E-state index < -0.39 is 0 Å². The first-order chi connectivity index (χ1) is 5.66. The van der Waals surface area contributed by atoms with Crippen LogP contribution in [0.3, 0.4) is 0 Å². The molecule has 1 rings (SSSR count). The van der Waals surface area contributed by atoms with Crippen molar-refractivity contribution in [3.63, 3.8) is 0 Å². The fourth-order valence-electron chi connectivity index (χ4n) is 1.09. The summed E-state index contributed by atoms with van der Waals surface area (Å²) in [5.41, 5.74) is 2.20. The molecule has 61 valence electrons. The minimum atomic E-state index is 1.01. The lowest BCUT2D eigenvalue weighted by atomic mass is 9.98. The van der Waals surface area contributed by atoms with E-state index in [-0.39, 0.29) is 0 Å². The number of terminal acetylenes is 1. The quantitative estimate of drug-likeness (QED) is 0.542. The zero-order valence-electron chi connectivity index (χ0n) is 7.19. The molecule has 1 radical (unpaired) electrons. The maximum Gasteiger partial charge on any atom is 0.0413 e. The summed E-state index contributed by atoms with van der Waals surface area (Å²) >= 11 is 2.26. The van der Waals surface area contributed by atoms with E-state index in [2.05, 4.69) is 48.4 Å². The van der Waals surface area contributed by atoms with E-state index in [1.807, 2.05) is 12.1 Å². The molecule has 0 heterocycles. The number of rotatable bonds is 1. The Balaban J connectivity index is 3.30. The van der Waals surface area contributed by atoms with Gasteiger partial charge in [-0.05, 0) is 34.2 Å². The normalized spacial score (nSPS) is 9.92. The molecular formula is C11H10I. The van der Waals surface area contributed by atoms with Gasteiger partial charge < -0.3 is 0 Å². The third kappa shape index (κ3) is 1.81. The summed E-state index contributed by atoms with van der Waals surface area (Å²) in [5.74, 6) is 3.98. The monoisotopic (exact) mass is 269 g/mol. The molecule has 0 atom stereocenters. The summed E-state index contributed by atoms with van der Waals surface area (Å²) in [7, 11) is 0. The molecule has 0 spiro atoms. The topological polar surface area (TPSA) is 0 Å². The molecule has 0 unspecified atom stereocenters. The molecule has 0 aromatic heterocycles. The van der Waals surface area contributed by atoms with Gasteiger partial charge in [-0.25, -0.2) is 0 Å². The molecule has 0 N–H and O–H groups in total. The first-order valence-electron chi connectivity index (χ1n) is 3.72. The first-order valence-corrected chi connectivity index (χ1v) is 4.80. The second-order valence-corrected chi connectivity index (χ2v) is 3.97. The van der Waals surface area contributed by atoms with Crippen molar-refractivity contribution < 1.29 is 0 Å². The van der Waals surface area contributed by atoms with Crippen LogP contribution in [0.5, 0.6) is 0 Å². The largest absolute Gasteiger partial charge is 0.115 e. The van der Waals surface area contributed by atoms with Crippen LogP contribution in [-0.2, 0) is 0 Å². The highest BCUT2D eigenvalue weighted by molar-refractivity contribution is 14.1. The Hall–Kier alpha value is -0.490. The van der Waals surface area contributed by atoms with Crippen LogP contribution < -0.4 is 0 Å². The standard InChI is InChI=1S/C11H10I/c1-4-9-10(8(2)3)6-5-7-11(9)12/h1,5-7H,2-3H3. The molecule has 0 bridgehead atoms. The molecule has 0 saturated carbocycles. The zero-order valence-corrected chi connectivity index (χ0v) is 9.34. The Labute approximate surface area is 87.5 Å². The van der Waals surface area contributed by atoms with E-state index >= 15 is 0 Å². The summed E-state index contributed by atoms with van der Waals surface area (Å²) in [6.45, 7) is 4.15. The van der Waals surface area contributed by atoms with Gasteiger partial charge in [0.05, 0.1) is 0 Å². The van der Waals surface area contributed by atoms with Crippen LogP contribution in [0.15, 0.2) is 18.2 Å². The lowest BCUT2D eigenvalue weighted by molar-refractivity contribution is 1.14. The molecule has 1 heteroatoms. The molecule has 0 aliphatic heterocycles. The molecule has 0 amide bonds. The van der Waals surface area contributed by atoms with Crippen molar-refractivity contribution in [3.05, 3.63) is 38.8 Å². The molecule has 1 aromatic rings. The van der Waals surface area contributed by atoms with Gasteiger partial charge in [-0.3, -0.25) is 0 Å². The minimum Gasteiger partial charge on any atom is -0.115 e. The van der Waals surface area contributed by atoms with Gasteiger partial charge in [0, 0.05) is 15.1 Å². The van der Waals surface area contributed by atoms with Crippen molar-refractivity contribution in [2.75, 3.05) is 0 Å². The Bertz CT molecular complexity index is 318. The van der Waals surface area contributed by atoms with Crippen LogP contribution in [0.4, 0.5) is 0 Å². The molecule has 0 aliphatic rings. The predicted molar refractivity (Wildman–Crippen MR) is 60.8 cm³/mol. The van der Waals surface area contributed by atoms with Gasteiger partial charge in [0.2, 0.25) is 0 Å².